The lowest BCUT2D eigenvalue weighted by atomic mass is 10.1. The Balaban J connectivity index is 0.00000288. The minimum Gasteiger partial charge on any atom is -0.462 e. The maximum Gasteiger partial charge on any atom is 0.342 e. The largest absolute Gasteiger partial charge is 0.462 e. The van der Waals surface area contributed by atoms with E-state index in [0.29, 0.717) is 0 Å². The number of nitrogens with one attached hydrogen (secondary N) is 2. The number of hydrogen-bond donors (Lipinski definition) is 3. The summed E-state index contributed by atoms with van der Waals surface area (Å²) in [4.78, 5) is 11.7. The molecule has 1 aromatic carbocycles. The molecule has 132 valence electrons. The summed E-state index contributed by atoms with van der Waals surface area (Å²) in [7, 11) is -3.96. The van der Waals surface area contributed by atoms with Crippen molar-refractivity contribution in [3.8, 4) is 0 Å². The van der Waals surface area contributed by atoms with E-state index in [1.165, 1.54) is 0 Å². The summed E-state index contributed by atoms with van der Waals surface area (Å²) >= 11 is 0. The molecule has 0 fully saturated rings. The molecule has 0 bridgehead atoms. The summed E-state index contributed by atoms with van der Waals surface area (Å²) in [5.74, 6) is -0.756. The van der Waals surface area contributed by atoms with Crippen molar-refractivity contribution in [3.63, 3.8) is 0 Å². The Hall–Kier alpha value is -1.94. The normalized spacial score (nSPS) is 12.2. The number of aromatic nitrogens is 2. The highest BCUT2D eigenvalue weighted by Crippen LogP contribution is 2.14. The van der Waals surface area contributed by atoms with Gasteiger partial charge >= 0.3 is 5.97 Å². The van der Waals surface area contributed by atoms with Gasteiger partial charge in [-0.2, -0.15) is 5.10 Å². The maximum absolute atomic E-state index is 12.3. The third-order valence-corrected chi connectivity index (χ3v) is 4.48. The molecule has 0 saturated carbocycles. The van der Waals surface area contributed by atoms with Crippen LogP contribution in [0.1, 0.15) is 28.9 Å². The fourth-order valence-corrected chi connectivity index (χ4v) is 3.06. The topological polar surface area (TPSA) is 127 Å². The molecule has 0 saturated heterocycles. The molecule has 1 atom stereocenters. The van der Waals surface area contributed by atoms with Gasteiger partial charge in [0.15, 0.2) is 5.03 Å². The third-order valence-electron chi connectivity index (χ3n) is 3.09. The predicted octanol–water partition coefficient (Wildman–Crippen LogP) is 0.987. The van der Waals surface area contributed by atoms with Crippen molar-refractivity contribution < 1.29 is 17.9 Å². The van der Waals surface area contributed by atoms with Crippen LogP contribution in [-0.2, 0) is 14.8 Å². The quantitative estimate of drug-likeness (QED) is 0.620. The van der Waals surface area contributed by atoms with Crippen molar-refractivity contribution in [2.75, 3.05) is 13.2 Å². The molecule has 8 nitrogen and oxygen atoms in total. The number of benzene rings is 1. The van der Waals surface area contributed by atoms with E-state index in [9.17, 15) is 13.2 Å². The van der Waals surface area contributed by atoms with Crippen LogP contribution in [0.4, 0.5) is 0 Å². The maximum atomic E-state index is 12.3. The Morgan fingerprint density at radius 3 is 2.67 bits per heavy atom. The zero-order valence-electron chi connectivity index (χ0n) is 12.9. The van der Waals surface area contributed by atoms with Gasteiger partial charge in [-0.1, -0.05) is 30.3 Å². The molecule has 10 heteroatoms. The molecule has 0 radical (unpaired) electrons. The summed E-state index contributed by atoms with van der Waals surface area (Å²) < 4.78 is 31.8. The van der Waals surface area contributed by atoms with Gasteiger partial charge in [0.25, 0.3) is 10.0 Å². The molecule has 2 aromatic rings. The van der Waals surface area contributed by atoms with Gasteiger partial charge in [0.05, 0.1) is 12.8 Å². The third kappa shape index (κ3) is 4.78. The van der Waals surface area contributed by atoms with Crippen LogP contribution in [0.3, 0.4) is 0 Å². The van der Waals surface area contributed by atoms with Gasteiger partial charge in [-0.05, 0) is 12.5 Å². The average Bonchev–Trinajstić information content (AvgIpc) is 3.04. The molecule has 24 heavy (non-hydrogen) atoms. The fraction of sp³-hybridized carbons (Fsp3) is 0.286. The molecular formula is C14H19ClN4O4S. The fourth-order valence-electron chi connectivity index (χ4n) is 1.92. The highest BCUT2D eigenvalue weighted by Gasteiger charge is 2.26. The van der Waals surface area contributed by atoms with E-state index in [-0.39, 0.29) is 36.1 Å². The Morgan fingerprint density at radius 1 is 1.38 bits per heavy atom. The first-order valence-electron chi connectivity index (χ1n) is 6.96. The summed E-state index contributed by atoms with van der Waals surface area (Å²) in [5, 5.41) is 5.57. The van der Waals surface area contributed by atoms with Crippen molar-refractivity contribution in [3.05, 3.63) is 47.7 Å². The van der Waals surface area contributed by atoms with Crippen molar-refractivity contribution in [2.24, 2.45) is 5.73 Å². The second-order valence-corrected chi connectivity index (χ2v) is 6.41. The molecule has 0 aliphatic rings. The van der Waals surface area contributed by atoms with E-state index in [2.05, 4.69) is 14.9 Å². The molecule has 0 aliphatic carbocycles. The molecule has 4 N–H and O–H groups in total. The number of sulfonamides is 1. The Labute approximate surface area is 146 Å². The molecule has 0 amide bonds. The zero-order valence-corrected chi connectivity index (χ0v) is 14.6. The number of halogens is 1. The molecule has 1 heterocycles. The molecule has 1 unspecified atom stereocenters. The summed E-state index contributed by atoms with van der Waals surface area (Å²) in [5.41, 5.74) is 6.61. The van der Waals surface area contributed by atoms with E-state index < -0.39 is 22.0 Å². The number of carbonyl (C=O) groups excluding carboxylic acids is 1. The van der Waals surface area contributed by atoms with Gasteiger partial charge in [0.2, 0.25) is 0 Å². The van der Waals surface area contributed by atoms with Gasteiger partial charge in [0.1, 0.15) is 5.56 Å². The minimum absolute atomic E-state index is 0. The SMILES string of the molecule is CCOC(=O)c1cn[nH]c1S(=O)(=O)NCC(N)c1ccccc1.Cl. The van der Waals surface area contributed by atoms with Crippen molar-refractivity contribution in [1.29, 1.82) is 0 Å². The smallest absolute Gasteiger partial charge is 0.342 e. The van der Waals surface area contributed by atoms with Crippen LogP contribution in [0.5, 0.6) is 0 Å². The summed E-state index contributed by atoms with van der Waals surface area (Å²) in [6, 6.07) is 8.57. The number of H-pyrrole nitrogens is 1. The number of aromatic amines is 1. The lowest BCUT2D eigenvalue weighted by Crippen LogP contribution is -2.33. The van der Waals surface area contributed by atoms with E-state index in [0.717, 1.165) is 11.8 Å². The molecule has 2 rings (SSSR count). The number of esters is 1. The van der Waals surface area contributed by atoms with Gasteiger partial charge in [0, 0.05) is 12.6 Å². The first kappa shape index (κ1) is 20.1. The van der Waals surface area contributed by atoms with Crippen LogP contribution in [-0.4, -0.2) is 37.7 Å². The highest BCUT2D eigenvalue weighted by molar-refractivity contribution is 7.89. The lowest BCUT2D eigenvalue weighted by molar-refractivity contribution is 0.0522. The predicted molar refractivity (Wildman–Crippen MR) is 90.4 cm³/mol. The van der Waals surface area contributed by atoms with E-state index in [1.54, 1.807) is 19.1 Å². The Bertz CT molecular complexity index is 764. The van der Waals surface area contributed by atoms with Gasteiger partial charge in [-0.15, -0.1) is 12.4 Å². The number of hydrogen-bond acceptors (Lipinski definition) is 6. The molecule has 0 aliphatic heterocycles. The van der Waals surface area contributed by atoms with Crippen molar-refractivity contribution >= 4 is 28.4 Å². The van der Waals surface area contributed by atoms with Gasteiger partial charge in [-0.3, -0.25) is 5.10 Å². The second kappa shape index (κ2) is 8.78. The average molecular weight is 375 g/mol. The van der Waals surface area contributed by atoms with Crippen LogP contribution in [0.15, 0.2) is 41.6 Å². The standard InChI is InChI=1S/C14H18N4O4S.ClH/c1-2-22-14(19)11-8-16-18-13(11)23(20,21)17-9-12(15)10-6-4-3-5-7-10;/h3-8,12,17H,2,9,15H2,1H3,(H,16,18);1H. The molecule has 1 aromatic heterocycles. The number of carbonyl (C=O) groups is 1. The first-order chi connectivity index (χ1) is 11.0. The second-order valence-electron chi connectivity index (χ2n) is 4.70. The lowest BCUT2D eigenvalue weighted by Gasteiger charge is -2.13. The van der Waals surface area contributed by atoms with E-state index in [4.69, 9.17) is 10.5 Å². The Kier molecular flexibility index (Phi) is 7.36. The number of nitrogens with two attached hydrogens (primary N) is 1. The van der Waals surface area contributed by atoms with Crippen LogP contribution in [0, 0.1) is 0 Å². The summed E-state index contributed by atoms with van der Waals surface area (Å²) in [6.07, 6.45) is 1.11. The monoisotopic (exact) mass is 374 g/mol. The van der Waals surface area contributed by atoms with Gasteiger partial charge < -0.3 is 10.5 Å². The van der Waals surface area contributed by atoms with E-state index >= 15 is 0 Å². The zero-order chi connectivity index (χ0) is 16.9. The number of ether oxygens (including phenoxy) is 1. The Morgan fingerprint density at radius 2 is 2.04 bits per heavy atom. The number of nitrogens with zero attached hydrogens (tertiary/aromatic N) is 1. The van der Waals surface area contributed by atoms with Crippen LogP contribution >= 0.6 is 12.4 Å². The number of rotatable bonds is 7. The van der Waals surface area contributed by atoms with Crippen molar-refractivity contribution in [1.82, 2.24) is 14.9 Å². The first-order valence-corrected chi connectivity index (χ1v) is 8.44. The van der Waals surface area contributed by atoms with E-state index in [1.807, 2.05) is 18.2 Å². The highest BCUT2D eigenvalue weighted by atomic mass is 35.5. The van der Waals surface area contributed by atoms with Gasteiger partial charge in [-0.25, -0.2) is 17.9 Å². The summed E-state index contributed by atoms with van der Waals surface area (Å²) in [6.45, 7) is 1.74. The minimum atomic E-state index is -3.96. The van der Waals surface area contributed by atoms with Crippen LogP contribution < -0.4 is 10.5 Å². The van der Waals surface area contributed by atoms with Crippen LogP contribution in [0.2, 0.25) is 0 Å². The molecule has 0 spiro atoms. The van der Waals surface area contributed by atoms with Crippen LogP contribution in [0.25, 0.3) is 0 Å². The van der Waals surface area contributed by atoms with Crippen molar-refractivity contribution in [2.45, 2.75) is 18.0 Å². The molecular weight excluding hydrogens is 356 g/mol.